The summed E-state index contributed by atoms with van der Waals surface area (Å²) in [5.74, 6) is -0.0514. The maximum absolute atomic E-state index is 12.3. The lowest BCUT2D eigenvalue weighted by atomic mass is 10.2. The number of nitrogens with one attached hydrogen (secondary N) is 1. The number of hydrogen-bond donors (Lipinski definition) is 1. The molecule has 1 N–H and O–H groups in total. The van der Waals surface area contributed by atoms with Crippen molar-refractivity contribution < 1.29 is 14.3 Å². The molecule has 0 unspecified atom stereocenters. The lowest BCUT2D eigenvalue weighted by Gasteiger charge is -2.35. The van der Waals surface area contributed by atoms with E-state index >= 15 is 0 Å². The van der Waals surface area contributed by atoms with Crippen LogP contribution in [-0.4, -0.2) is 58.6 Å². The van der Waals surface area contributed by atoms with Gasteiger partial charge in [0, 0.05) is 36.8 Å². The Morgan fingerprint density at radius 1 is 1.19 bits per heavy atom. The maximum Gasteiger partial charge on any atom is 0.410 e. The van der Waals surface area contributed by atoms with Crippen molar-refractivity contribution in [2.24, 2.45) is 0 Å². The third-order valence-electron chi connectivity index (χ3n) is 3.10. The summed E-state index contributed by atoms with van der Waals surface area (Å²) in [7, 11) is 0. The Hall–Kier alpha value is -1.50. The molecule has 0 aromatic carbocycles. The molecule has 6 nitrogen and oxygen atoms in total. The Kier molecular flexibility index (Phi) is 4.61. The summed E-state index contributed by atoms with van der Waals surface area (Å²) < 4.78 is 6.18. The normalized spacial score (nSPS) is 16.0. The lowest BCUT2D eigenvalue weighted by Crippen LogP contribution is -2.51. The first-order chi connectivity index (χ1) is 9.76. The summed E-state index contributed by atoms with van der Waals surface area (Å²) >= 11 is 3.31. The van der Waals surface area contributed by atoms with Crippen LogP contribution in [-0.2, 0) is 4.74 Å². The van der Waals surface area contributed by atoms with E-state index < -0.39 is 5.60 Å². The number of piperazine rings is 1. The number of rotatable bonds is 1. The van der Waals surface area contributed by atoms with Crippen LogP contribution in [0.15, 0.2) is 16.7 Å². The van der Waals surface area contributed by atoms with Crippen molar-refractivity contribution in [3.05, 3.63) is 22.4 Å². The number of hydrogen-bond acceptors (Lipinski definition) is 3. The van der Waals surface area contributed by atoms with Gasteiger partial charge in [0.15, 0.2) is 0 Å². The van der Waals surface area contributed by atoms with Crippen LogP contribution in [0.1, 0.15) is 31.3 Å². The van der Waals surface area contributed by atoms with Gasteiger partial charge >= 0.3 is 6.09 Å². The summed E-state index contributed by atoms with van der Waals surface area (Å²) in [6.45, 7) is 7.52. The fourth-order valence-electron chi connectivity index (χ4n) is 2.08. The van der Waals surface area contributed by atoms with Crippen LogP contribution >= 0.6 is 15.9 Å². The van der Waals surface area contributed by atoms with Gasteiger partial charge in [0.25, 0.3) is 5.91 Å². The number of amides is 2. The standard InChI is InChI=1S/C14H20BrN3O3/c1-14(2,3)21-13(20)18-6-4-17(5-7-18)12(19)11-8-10(15)9-16-11/h8-9,16H,4-7H2,1-3H3. The second kappa shape index (κ2) is 6.09. The molecule has 116 valence electrons. The van der Waals surface area contributed by atoms with Crippen LogP contribution in [0.5, 0.6) is 0 Å². The number of nitrogens with zero attached hydrogens (tertiary/aromatic N) is 2. The van der Waals surface area contributed by atoms with E-state index in [0.717, 1.165) is 4.47 Å². The molecule has 1 aliphatic rings. The third kappa shape index (κ3) is 4.23. The Bertz CT molecular complexity index is 528. The van der Waals surface area contributed by atoms with Gasteiger partial charge in [-0.15, -0.1) is 0 Å². The second-order valence-electron chi connectivity index (χ2n) is 5.99. The SMILES string of the molecule is CC(C)(C)OC(=O)N1CCN(C(=O)c2cc(Br)c[nH]2)CC1. The molecular formula is C14H20BrN3O3. The van der Waals surface area contributed by atoms with Gasteiger partial charge in [-0.1, -0.05) is 0 Å². The molecule has 0 spiro atoms. The molecule has 0 radical (unpaired) electrons. The largest absolute Gasteiger partial charge is 0.444 e. The van der Waals surface area contributed by atoms with Gasteiger partial charge in [0.2, 0.25) is 0 Å². The van der Waals surface area contributed by atoms with Gasteiger partial charge in [0.05, 0.1) is 0 Å². The highest BCUT2D eigenvalue weighted by atomic mass is 79.9. The van der Waals surface area contributed by atoms with Crippen LogP contribution in [0.25, 0.3) is 0 Å². The van der Waals surface area contributed by atoms with Gasteiger partial charge in [0.1, 0.15) is 11.3 Å². The second-order valence-corrected chi connectivity index (χ2v) is 6.91. The quantitative estimate of drug-likeness (QED) is 0.839. The number of carbonyl (C=O) groups excluding carboxylic acids is 2. The summed E-state index contributed by atoms with van der Waals surface area (Å²) in [6.07, 6.45) is 1.40. The molecule has 2 heterocycles. The van der Waals surface area contributed by atoms with E-state index in [0.29, 0.717) is 31.9 Å². The molecule has 1 aliphatic heterocycles. The summed E-state index contributed by atoms with van der Waals surface area (Å²) in [4.78, 5) is 30.5. The smallest absolute Gasteiger partial charge is 0.410 e. The monoisotopic (exact) mass is 357 g/mol. The molecule has 7 heteroatoms. The average molecular weight is 358 g/mol. The first kappa shape index (κ1) is 15.9. The molecule has 21 heavy (non-hydrogen) atoms. The van der Waals surface area contributed by atoms with Crippen LogP contribution < -0.4 is 0 Å². The summed E-state index contributed by atoms with van der Waals surface area (Å²) in [6, 6.07) is 1.75. The number of halogens is 1. The van der Waals surface area contributed by atoms with Crippen LogP contribution in [0.4, 0.5) is 4.79 Å². The van der Waals surface area contributed by atoms with Gasteiger partial charge in [-0.25, -0.2) is 4.79 Å². The fraction of sp³-hybridized carbons (Fsp3) is 0.571. The zero-order chi connectivity index (χ0) is 15.6. The lowest BCUT2D eigenvalue weighted by molar-refractivity contribution is 0.0140. The van der Waals surface area contributed by atoms with Crippen molar-refractivity contribution in [1.82, 2.24) is 14.8 Å². The van der Waals surface area contributed by atoms with Gasteiger partial charge in [-0.2, -0.15) is 0 Å². The van der Waals surface area contributed by atoms with Gasteiger partial charge in [-0.05, 0) is 42.8 Å². The minimum Gasteiger partial charge on any atom is -0.444 e. The van der Waals surface area contributed by atoms with E-state index in [1.165, 1.54) is 0 Å². The van der Waals surface area contributed by atoms with Gasteiger partial charge in [-0.3, -0.25) is 4.79 Å². The number of aromatic amines is 1. The minimum absolute atomic E-state index is 0.0514. The molecule has 1 fully saturated rings. The van der Waals surface area contributed by atoms with Crippen molar-refractivity contribution in [3.8, 4) is 0 Å². The Balaban J connectivity index is 1.88. The van der Waals surface area contributed by atoms with Crippen molar-refractivity contribution in [1.29, 1.82) is 0 Å². The van der Waals surface area contributed by atoms with Crippen LogP contribution in [0.2, 0.25) is 0 Å². The predicted octanol–water partition coefficient (Wildman–Crippen LogP) is 2.47. The molecule has 1 aromatic heterocycles. The molecule has 1 aromatic rings. The first-order valence-corrected chi connectivity index (χ1v) is 7.67. The number of carbonyl (C=O) groups is 2. The van der Waals surface area contributed by atoms with E-state index in [1.807, 2.05) is 20.8 Å². The maximum atomic E-state index is 12.3. The van der Waals surface area contributed by atoms with Crippen LogP contribution in [0.3, 0.4) is 0 Å². The van der Waals surface area contributed by atoms with Gasteiger partial charge < -0.3 is 19.5 Å². The molecule has 2 amide bonds. The Labute approximate surface area is 132 Å². The van der Waals surface area contributed by atoms with Crippen molar-refractivity contribution >= 4 is 27.9 Å². The number of H-pyrrole nitrogens is 1. The average Bonchev–Trinajstić information content (AvgIpc) is 2.83. The summed E-state index contributed by atoms with van der Waals surface area (Å²) in [5.41, 5.74) is 0.0493. The highest BCUT2D eigenvalue weighted by Crippen LogP contribution is 2.15. The molecule has 0 bridgehead atoms. The minimum atomic E-state index is -0.499. The Morgan fingerprint density at radius 3 is 2.24 bits per heavy atom. The molecular weight excluding hydrogens is 338 g/mol. The van der Waals surface area contributed by atoms with E-state index in [9.17, 15) is 9.59 Å². The fourth-order valence-corrected chi connectivity index (χ4v) is 2.42. The van der Waals surface area contributed by atoms with E-state index in [-0.39, 0.29) is 12.0 Å². The molecule has 1 saturated heterocycles. The zero-order valence-corrected chi connectivity index (χ0v) is 14.1. The highest BCUT2D eigenvalue weighted by molar-refractivity contribution is 9.10. The Morgan fingerprint density at radius 2 is 1.76 bits per heavy atom. The third-order valence-corrected chi connectivity index (χ3v) is 3.55. The molecule has 0 saturated carbocycles. The van der Waals surface area contributed by atoms with E-state index in [1.54, 1.807) is 22.1 Å². The number of aromatic nitrogens is 1. The topological polar surface area (TPSA) is 65.6 Å². The number of ether oxygens (including phenoxy) is 1. The first-order valence-electron chi connectivity index (χ1n) is 6.87. The van der Waals surface area contributed by atoms with E-state index in [4.69, 9.17) is 4.74 Å². The van der Waals surface area contributed by atoms with E-state index in [2.05, 4.69) is 20.9 Å². The molecule has 0 atom stereocenters. The van der Waals surface area contributed by atoms with Crippen molar-refractivity contribution in [2.75, 3.05) is 26.2 Å². The van der Waals surface area contributed by atoms with Crippen molar-refractivity contribution in [2.45, 2.75) is 26.4 Å². The predicted molar refractivity (Wildman–Crippen MR) is 82.2 cm³/mol. The highest BCUT2D eigenvalue weighted by Gasteiger charge is 2.28. The van der Waals surface area contributed by atoms with Crippen molar-refractivity contribution in [3.63, 3.8) is 0 Å². The van der Waals surface area contributed by atoms with Crippen LogP contribution in [0, 0.1) is 0 Å². The zero-order valence-electron chi connectivity index (χ0n) is 12.5. The molecule has 2 rings (SSSR count). The summed E-state index contributed by atoms with van der Waals surface area (Å²) in [5, 5.41) is 0. The molecule has 0 aliphatic carbocycles.